The van der Waals surface area contributed by atoms with Crippen LogP contribution in [-0.2, 0) is 13.6 Å². The number of hydrogen-bond acceptors (Lipinski definition) is 7. The summed E-state index contributed by atoms with van der Waals surface area (Å²) in [6.07, 6.45) is -0.937. The second-order valence-electron chi connectivity index (χ2n) is 7.97. The third kappa shape index (κ3) is 5.06. The SMILES string of the molecule is CN1CCN(c2nc3c(c(=O)[nH]c(=O)n3C)n2C[C@H](O)COc2c(Br)cc(Br)cc2Br)CC1. The molecular weight excluding hydrogens is 628 g/mol. The number of hydrogen-bond donors (Lipinski definition) is 2. The van der Waals surface area contributed by atoms with Crippen molar-refractivity contribution in [3.05, 3.63) is 46.4 Å². The summed E-state index contributed by atoms with van der Waals surface area (Å²) in [5, 5.41) is 10.8. The highest BCUT2D eigenvalue weighted by molar-refractivity contribution is 9.11. The average Bonchev–Trinajstić information content (AvgIpc) is 3.11. The van der Waals surface area contributed by atoms with Gasteiger partial charge < -0.3 is 24.2 Å². The van der Waals surface area contributed by atoms with E-state index in [0.29, 0.717) is 11.7 Å². The van der Waals surface area contributed by atoms with E-state index in [4.69, 9.17) is 4.74 Å². The van der Waals surface area contributed by atoms with E-state index in [2.05, 4.69) is 67.6 Å². The van der Waals surface area contributed by atoms with Gasteiger partial charge in [0.05, 0.1) is 15.5 Å². The van der Waals surface area contributed by atoms with Gasteiger partial charge in [-0.15, -0.1) is 0 Å². The number of H-pyrrole nitrogens is 1. The lowest BCUT2D eigenvalue weighted by Crippen LogP contribution is -2.45. The van der Waals surface area contributed by atoms with E-state index in [0.717, 1.165) is 39.6 Å². The van der Waals surface area contributed by atoms with Crippen molar-refractivity contribution in [3.63, 3.8) is 0 Å². The second kappa shape index (κ2) is 9.90. The van der Waals surface area contributed by atoms with Crippen LogP contribution in [0.15, 0.2) is 35.1 Å². The van der Waals surface area contributed by atoms with Gasteiger partial charge in [0.1, 0.15) is 18.5 Å². The van der Waals surface area contributed by atoms with Crippen LogP contribution in [0.5, 0.6) is 5.75 Å². The number of aliphatic hydroxyl groups is 1. The maximum absolute atomic E-state index is 12.7. The molecule has 0 saturated carbocycles. The predicted molar refractivity (Wildman–Crippen MR) is 136 cm³/mol. The van der Waals surface area contributed by atoms with Crippen LogP contribution in [-0.4, -0.2) is 75.0 Å². The van der Waals surface area contributed by atoms with Crippen LogP contribution in [0, 0.1) is 0 Å². The van der Waals surface area contributed by atoms with Crippen LogP contribution >= 0.6 is 47.8 Å². The Hall–Kier alpha value is -1.67. The number of aryl methyl sites for hydroxylation is 1. The van der Waals surface area contributed by atoms with Gasteiger partial charge in [-0.3, -0.25) is 14.3 Å². The van der Waals surface area contributed by atoms with Gasteiger partial charge in [0.15, 0.2) is 11.2 Å². The number of likely N-dealkylation sites (N-methyl/N-ethyl adjacent to an activating group) is 1. The highest BCUT2D eigenvalue weighted by atomic mass is 79.9. The summed E-state index contributed by atoms with van der Waals surface area (Å²) in [5.41, 5.74) is -0.538. The number of imidazole rings is 1. The summed E-state index contributed by atoms with van der Waals surface area (Å²) >= 11 is 10.3. The summed E-state index contributed by atoms with van der Waals surface area (Å²) in [5.74, 6) is 1.11. The lowest BCUT2D eigenvalue weighted by atomic mass is 10.3. The minimum Gasteiger partial charge on any atom is -0.488 e. The van der Waals surface area contributed by atoms with Crippen LogP contribution in [0.25, 0.3) is 11.2 Å². The highest BCUT2D eigenvalue weighted by Gasteiger charge is 2.25. The minimum atomic E-state index is -0.937. The molecule has 10 nitrogen and oxygen atoms in total. The Morgan fingerprint density at radius 1 is 1.12 bits per heavy atom. The largest absolute Gasteiger partial charge is 0.488 e. The van der Waals surface area contributed by atoms with Gasteiger partial charge in [-0.25, -0.2) is 4.79 Å². The van der Waals surface area contributed by atoms with Gasteiger partial charge in [0, 0.05) is 37.7 Å². The lowest BCUT2D eigenvalue weighted by Gasteiger charge is -2.33. The number of nitrogens with zero attached hydrogens (tertiary/aromatic N) is 5. The molecule has 2 aromatic heterocycles. The monoisotopic (exact) mass is 648 g/mol. The van der Waals surface area contributed by atoms with Crippen LogP contribution in [0.4, 0.5) is 5.95 Å². The highest BCUT2D eigenvalue weighted by Crippen LogP contribution is 2.36. The van der Waals surface area contributed by atoms with E-state index < -0.39 is 17.4 Å². The number of aliphatic hydroxyl groups excluding tert-OH is 1. The predicted octanol–water partition coefficient (Wildman–Crippen LogP) is 1.90. The molecular formula is C20H23Br3N6O4. The number of aromatic nitrogens is 4. The van der Waals surface area contributed by atoms with Gasteiger partial charge in [-0.2, -0.15) is 4.98 Å². The maximum atomic E-state index is 12.7. The van der Waals surface area contributed by atoms with Crippen molar-refractivity contribution in [1.82, 2.24) is 24.0 Å². The molecule has 0 amide bonds. The van der Waals surface area contributed by atoms with E-state index in [1.54, 1.807) is 11.6 Å². The molecule has 1 atom stereocenters. The fourth-order valence-electron chi connectivity index (χ4n) is 3.75. The standard InChI is InChI=1S/C20H23Br3N6O4/c1-26-3-5-28(6-4-26)19-24-17-15(18(31)25-20(32)27(17)2)29(19)9-12(30)10-33-16-13(22)7-11(21)8-14(16)23/h7-8,12,30H,3-6,9-10H2,1-2H3,(H,25,31,32)/t12-/m0/s1. The molecule has 1 aromatic carbocycles. The fourth-order valence-corrected chi connectivity index (χ4v) is 6.24. The second-order valence-corrected chi connectivity index (χ2v) is 10.6. The molecule has 4 rings (SSSR count). The molecule has 1 aliphatic heterocycles. The number of fused-ring (bicyclic) bond motifs is 1. The molecule has 178 valence electrons. The number of benzene rings is 1. The number of aromatic amines is 1. The Labute approximate surface area is 214 Å². The van der Waals surface area contributed by atoms with Crippen LogP contribution in [0.1, 0.15) is 0 Å². The Morgan fingerprint density at radius 2 is 1.76 bits per heavy atom. The molecule has 0 spiro atoms. The molecule has 33 heavy (non-hydrogen) atoms. The first-order valence-corrected chi connectivity index (χ1v) is 12.6. The molecule has 0 bridgehead atoms. The zero-order valence-electron chi connectivity index (χ0n) is 18.0. The molecule has 0 aliphatic carbocycles. The number of ether oxygens (including phenoxy) is 1. The van der Waals surface area contributed by atoms with Crippen molar-refractivity contribution in [1.29, 1.82) is 0 Å². The van der Waals surface area contributed by atoms with E-state index in [1.165, 1.54) is 4.57 Å². The topological polar surface area (TPSA) is 109 Å². The van der Waals surface area contributed by atoms with Crippen molar-refractivity contribution in [3.8, 4) is 5.75 Å². The summed E-state index contributed by atoms with van der Waals surface area (Å²) in [6.45, 7) is 3.19. The van der Waals surface area contributed by atoms with Gasteiger partial charge in [0.2, 0.25) is 5.95 Å². The Balaban J connectivity index is 1.66. The van der Waals surface area contributed by atoms with Crippen molar-refractivity contribution < 1.29 is 9.84 Å². The number of anilines is 1. The Kier molecular flexibility index (Phi) is 7.34. The quantitative estimate of drug-likeness (QED) is 0.420. The van der Waals surface area contributed by atoms with Crippen LogP contribution in [0.2, 0.25) is 0 Å². The zero-order valence-corrected chi connectivity index (χ0v) is 22.8. The minimum absolute atomic E-state index is 0.00957. The smallest absolute Gasteiger partial charge is 0.329 e. The van der Waals surface area contributed by atoms with Crippen LogP contribution in [0.3, 0.4) is 0 Å². The normalized spacial score (nSPS) is 15.9. The van der Waals surface area contributed by atoms with Gasteiger partial charge in [0.25, 0.3) is 5.56 Å². The van der Waals surface area contributed by atoms with Gasteiger partial charge >= 0.3 is 5.69 Å². The van der Waals surface area contributed by atoms with Gasteiger partial charge in [-0.1, -0.05) is 15.9 Å². The molecule has 1 saturated heterocycles. The summed E-state index contributed by atoms with van der Waals surface area (Å²) in [4.78, 5) is 36.1. The molecule has 1 fully saturated rings. The van der Waals surface area contributed by atoms with Crippen molar-refractivity contribution >= 4 is 64.9 Å². The average molecular weight is 651 g/mol. The molecule has 3 aromatic rings. The van der Waals surface area contributed by atoms with Crippen molar-refractivity contribution in [2.75, 3.05) is 44.7 Å². The van der Waals surface area contributed by atoms with E-state index in [1.807, 2.05) is 19.2 Å². The molecule has 0 radical (unpaired) electrons. The van der Waals surface area contributed by atoms with E-state index in [-0.39, 0.29) is 24.3 Å². The zero-order chi connectivity index (χ0) is 23.9. The number of nitrogens with one attached hydrogen (secondary N) is 1. The third-order valence-electron chi connectivity index (χ3n) is 5.55. The van der Waals surface area contributed by atoms with Crippen LogP contribution < -0.4 is 20.9 Å². The lowest BCUT2D eigenvalue weighted by molar-refractivity contribution is 0.0928. The first kappa shape index (κ1) is 24.5. The molecule has 13 heteroatoms. The molecule has 2 N–H and O–H groups in total. The Morgan fingerprint density at radius 3 is 2.39 bits per heavy atom. The number of rotatable bonds is 6. The number of halogens is 3. The van der Waals surface area contributed by atoms with Crippen molar-refractivity contribution in [2.45, 2.75) is 12.6 Å². The van der Waals surface area contributed by atoms with Crippen molar-refractivity contribution in [2.24, 2.45) is 7.05 Å². The first-order valence-electron chi connectivity index (χ1n) is 10.2. The first-order chi connectivity index (χ1) is 15.7. The van der Waals surface area contributed by atoms with E-state index >= 15 is 0 Å². The third-order valence-corrected chi connectivity index (χ3v) is 7.19. The van der Waals surface area contributed by atoms with Gasteiger partial charge in [-0.05, 0) is 51.0 Å². The number of piperazine rings is 1. The van der Waals surface area contributed by atoms with E-state index in [9.17, 15) is 14.7 Å². The summed E-state index contributed by atoms with van der Waals surface area (Å²) < 4.78 is 11.2. The molecule has 0 unspecified atom stereocenters. The Bertz CT molecular complexity index is 1270. The summed E-state index contributed by atoms with van der Waals surface area (Å²) in [7, 11) is 3.61. The molecule has 3 heterocycles. The fraction of sp³-hybridized carbons (Fsp3) is 0.450. The summed E-state index contributed by atoms with van der Waals surface area (Å²) in [6, 6.07) is 3.70. The maximum Gasteiger partial charge on any atom is 0.329 e. The molecule has 1 aliphatic rings.